The van der Waals surface area contributed by atoms with Crippen molar-refractivity contribution in [2.75, 3.05) is 0 Å². The van der Waals surface area contributed by atoms with E-state index in [0.29, 0.717) is 11.3 Å². The number of sulfone groups is 1. The van der Waals surface area contributed by atoms with Crippen LogP contribution in [0.25, 0.3) is 0 Å². The van der Waals surface area contributed by atoms with Crippen molar-refractivity contribution >= 4 is 9.84 Å². The second-order valence-corrected chi connectivity index (χ2v) is 6.10. The molecule has 0 heterocycles. The van der Waals surface area contributed by atoms with E-state index in [9.17, 15) is 8.42 Å². The minimum Gasteiger partial charge on any atom is -0.389 e. The van der Waals surface area contributed by atoms with Crippen molar-refractivity contribution in [1.82, 2.24) is 0 Å². The summed E-state index contributed by atoms with van der Waals surface area (Å²) >= 11 is 0. The van der Waals surface area contributed by atoms with E-state index in [-0.39, 0.29) is 0 Å². The van der Waals surface area contributed by atoms with Crippen LogP contribution in [-0.2, 0) is 9.84 Å². The molecule has 0 saturated carbocycles. The van der Waals surface area contributed by atoms with Crippen LogP contribution >= 0.6 is 0 Å². The van der Waals surface area contributed by atoms with Gasteiger partial charge in [0.1, 0.15) is 0 Å². The maximum atomic E-state index is 12.2. The van der Waals surface area contributed by atoms with Crippen molar-refractivity contribution in [1.29, 1.82) is 0 Å². The minimum atomic E-state index is -3.34. The third kappa shape index (κ3) is 3.68. The third-order valence-electron chi connectivity index (χ3n) is 2.48. The van der Waals surface area contributed by atoms with E-state index in [2.05, 4.69) is 0 Å². The van der Waals surface area contributed by atoms with Gasteiger partial charge in [-0.2, -0.15) is 0 Å². The van der Waals surface area contributed by atoms with E-state index in [0.717, 1.165) is 0 Å². The lowest BCUT2D eigenvalue weighted by Gasteiger charge is -2.12. The summed E-state index contributed by atoms with van der Waals surface area (Å²) in [7, 11) is -3.34. The minimum absolute atomic E-state index is 0.321. The second-order valence-electron chi connectivity index (χ2n) is 3.93. The van der Waals surface area contributed by atoms with Gasteiger partial charge in [0.15, 0.2) is 9.84 Å². The molecule has 94 valence electrons. The Morgan fingerprint density at radius 1 is 1.24 bits per heavy atom. The average molecular weight is 254 g/mol. The van der Waals surface area contributed by atoms with Gasteiger partial charge in [-0.15, -0.1) is 0 Å². The van der Waals surface area contributed by atoms with Crippen LogP contribution in [-0.4, -0.2) is 24.9 Å². The van der Waals surface area contributed by atoms with Gasteiger partial charge in [-0.05, 0) is 25.5 Å². The predicted octanol–water partition coefficient (Wildman–Crippen LogP) is 2.18. The SMILES string of the molecule is CC[C@H](/C=C/[C@@H](C)O)S(=O)(=O)c1ccccc1. The van der Waals surface area contributed by atoms with Gasteiger partial charge in [-0.1, -0.05) is 37.3 Å². The van der Waals surface area contributed by atoms with E-state index in [4.69, 9.17) is 5.11 Å². The molecule has 0 aromatic heterocycles. The number of rotatable bonds is 5. The molecular weight excluding hydrogens is 236 g/mol. The van der Waals surface area contributed by atoms with Gasteiger partial charge in [0.25, 0.3) is 0 Å². The Balaban J connectivity index is 3.04. The van der Waals surface area contributed by atoms with E-state index >= 15 is 0 Å². The molecule has 1 aromatic carbocycles. The molecule has 2 atom stereocenters. The lowest BCUT2D eigenvalue weighted by Crippen LogP contribution is -2.18. The van der Waals surface area contributed by atoms with Crippen molar-refractivity contribution in [2.24, 2.45) is 0 Å². The zero-order chi connectivity index (χ0) is 12.9. The molecule has 0 radical (unpaired) electrons. The molecule has 0 bridgehead atoms. The summed E-state index contributed by atoms with van der Waals surface area (Å²) in [5.41, 5.74) is 0. The highest BCUT2D eigenvalue weighted by Gasteiger charge is 2.23. The summed E-state index contributed by atoms with van der Waals surface area (Å²) in [6, 6.07) is 8.38. The predicted molar refractivity (Wildman–Crippen MR) is 68.5 cm³/mol. The highest BCUT2D eigenvalue weighted by molar-refractivity contribution is 7.92. The normalized spacial score (nSPS) is 15.9. The van der Waals surface area contributed by atoms with Crippen molar-refractivity contribution in [2.45, 2.75) is 36.5 Å². The Morgan fingerprint density at radius 2 is 1.82 bits per heavy atom. The monoisotopic (exact) mass is 254 g/mol. The Hall–Kier alpha value is -1.13. The molecule has 0 fully saturated rings. The number of aliphatic hydroxyl groups excluding tert-OH is 1. The largest absolute Gasteiger partial charge is 0.389 e. The fourth-order valence-electron chi connectivity index (χ4n) is 1.53. The lowest BCUT2D eigenvalue weighted by molar-refractivity contribution is 0.244. The molecule has 1 N–H and O–H groups in total. The second kappa shape index (κ2) is 5.98. The van der Waals surface area contributed by atoms with Crippen molar-refractivity contribution in [3.05, 3.63) is 42.5 Å². The first-order valence-electron chi connectivity index (χ1n) is 5.63. The smallest absolute Gasteiger partial charge is 0.184 e. The Labute approximate surface area is 103 Å². The van der Waals surface area contributed by atoms with Crippen LogP contribution < -0.4 is 0 Å². The molecule has 0 aliphatic carbocycles. The summed E-state index contributed by atoms with van der Waals surface area (Å²) in [6.45, 7) is 3.41. The molecule has 4 heteroatoms. The lowest BCUT2D eigenvalue weighted by atomic mass is 10.2. The van der Waals surface area contributed by atoms with E-state index in [1.54, 1.807) is 43.3 Å². The summed E-state index contributed by atoms with van der Waals surface area (Å²) < 4.78 is 24.5. The van der Waals surface area contributed by atoms with E-state index in [1.807, 2.05) is 6.92 Å². The fraction of sp³-hybridized carbons (Fsp3) is 0.385. The van der Waals surface area contributed by atoms with Gasteiger partial charge < -0.3 is 5.11 Å². The molecule has 3 nitrogen and oxygen atoms in total. The van der Waals surface area contributed by atoms with E-state index < -0.39 is 21.2 Å². The quantitative estimate of drug-likeness (QED) is 0.819. The summed E-state index contributed by atoms with van der Waals surface area (Å²) in [5.74, 6) is 0. The zero-order valence-electron chi connectivity index (χ0n) is 10.1. The molecule has 1 aromatic rings. The Kier molecular flexibility index (Phi) is 4.90. The van der Waals surface area contributed by atoms with E-state index in [1.165, 1.54) is 6.08 Å². The molecule has 0 saturated heterocycles. The van der Waals surface area contributed by atoms with Gasteiger partial charge in [0, 0.05) is 0 Å². The fourth-order valence-corrected chi connectivity index (χ4v) is 3.15. The van der Waals surface area contributed by atoms with Gasteiger partial charge in [0.05, 0.1) is 16.2 Å². The number of hydrogen-bond acceptors (Lipinski definition) is 3. The van der Waals surface area contributed by atoms with Crippen LogP contribution in [0.15, 0.2) is 47.4 Å². The number of benzene rings is 1. The van der Waals surface area contributed by atoms with Gasteiger partial charge in [-0.25, -0.2) is 8.42 Å². The standard InChI is InChI=1S/C13H18O3S/c1-3-12(10-9-11(2)14)17(15,16)13-7-5-4-6-8-13/h4-12,14H,3H2,1-2H3/b10-9+/t11-,12-/m1/s1. The number of aliphatic hydroxyl groups is 1. The van der Waals surface area contributed by atoms with Crippen LogP contribution in [0.2, 0.25) is 0 Å². The van der Waals surface area contributed by atoms with Crippen LogP contribution in [0.1, 0.15) is 20.3 Å². The molecule has 1 rings (SSSR count). The molecule has 0 aliphatic rings. The first-order chi connectivity index (χ1) is 7.98. The molecular formula is C13H18O3S. The van der Waals surface area contributed by atoms with Crippen molar-refractivity contribution in [3.63, 3.8) is 0 Å². The van der Waals surface area contributed by atoms with Gasteiger partial charge >= 0.3 is 0 Å². The molecule has 0 unspecified atom stereocenters. The molecule has 0 spiro atoms. The molecule has 0 aliphatic heterocycles. The average Bonchev–Trinajstić information content (AvgIpc) is 2.30. The summed E-state index contributed by atoms with van der Waals surface area (Å²) in [6.07, 6.45) is 2.93. The molecule has 17 heavy (non-hydrogen) atoms. The first-order valence-corrected chi connectivity index (χ1v) is 7.18. The number of hydrogen-bond donors (Lipinski definition) is 1. The summed E-state index contributed by atoms with van der Waals surface area (Å²) in [4.78, 5) is 0.321. The highest BCUT2D eigenvalue weighted by atomic mass is 32.2. The maximum absolute atomic E-state index is 12.2. The van der Waals surface area contributed by atoms with Crippen molar-refractivity contribution < 1.29 is 13.5 Å². The summed E-state index contributed by atoms with van der Waals surface area (Å²) in [5, 5.41) is 8.57. The highest BCUT2D eigenvalue weighted by Crippen LogP contribution is 2.19. The zero-order valence-corrected chi connectivity index (χ0v) is 10.9. The third-order valence-corrected chi connectivity index (χ3v) is 4.69. The van der Waals surface area contributed by atoms with Gasteiger partial charge in [-0.3, -0.25) is 0 Å². The van der Waals surface area contributed by atoms with Gasteiger partial charge in [0.2, 0.25) is 0 Å². The molecule has 0 amide bonds. The Morgan fingerprint density at radius 3 is 2.29 bits per heavy atom. The Bertz CT molecular complexity index is 461. The van der Waals surface area contributed by atoms with Crippen LogP contribution in [0.4, 0.5) is 0 Å². The van der Waals surface area contributed by atoms with Crippen LogP contribution in [0.3, 0.4) is 0 Å². The first kappa shape index (κ1) is 13.9. The maximum Gasteiger partial charge on any atom is 0.184 e. The topological polar surface area (TPSA) is 54.4 Å². The van der Waals surface area contributed by atoms with Crippen LogP contribution in [0.5, 0.6) is 0 Å². The van der Waals surface area contributed by atoms with Crippen LogP contribution in [0, 0.1) is 0 Å². The van der Waals surface area contributed by atoms with Crippen molar-refractivity contribution in [3.8, 4) is 0 Å².